The van der Waals surface area contributed by atoms with E-state index in [1.165, 1.54) is 6.07 Å². The van der Waals surface area contributed by atoms with Gasteiger partial charge in [0.2, 0.25) is 5.91 Å². The predicted molar refractivity (Wildman–Crippen MR) is 90.3 cm³/mol. The molecule has 1 amide bonds. The van der Waals surface area contributed by atoms with Gasteiger partial charge in [0.25, 0.3) is 0 Å². The first-order valence-electron chi connectivity index (χ1n) is 8.52. The van der Waals surface area contributed by atoms with Crippen molar-refractivity contribution in [3.8, 4) is 17.2 Å². The summed E-state index contributed by atoms with van der Waals surface area (Å²) < 4.78 is 5.98. The van der Waals surface area contributed by atoms with Crippen molar-refractivity contribution in [3.63, 3.8) is 0 Å². The van der Waals surface area contributed by atoms with Crippen molar-refractivity contribution in [2.75, 3.05) is 5.32 Å². The Morgan fingerprint density at radius 3 is 2.88 bits per heavy atom. The number of aromatic nitrogens is 1. The van der Waals surface area contributed by atoms with E-state index in [-0.39, 0.29) is 23.5 Å². The van der Waals surface area contributed by atoms with Crippen LogP contribution in [-0.2, 0) is 16.0 Å². The van der Waals surface area contributed by atoms with Gasteiger partial charge in [-0.2, -0.15) is 0 Å². The quantitative estimate of drug-likeness (QED) is 0.780. The molecule has 5 rings (SSSR count). The normalized spacial score (nSPS) is 27.8. The third-order valence-corrected chi connectivity index (χ3v) is 5.74. The molecule has 3 aliphatic rings. The molecule has 7 nitrogen and oxygen atoms in total. The number of aliphatic carboxylic acids is 1. The Labute approximate surface area is 148 Å². The third-order valence-electron chi connectivity index (χ3n) is 5.74. The first kappa shape index (κ1) is 15.2. The van der Waals surface area contributed by atoms with Gasteiger partial charge >= 0.3 is 5.97 Å². The maximum Gasteiger partial charge on any atom is 0.310 e. The summed E-state index contributed by atoms with van der Waals surface area (Å²) in [5, 5.41) is 22.3. The molecule has 2 aliphatic carbocycles. The van der Waals surface area contributed by atoms with Crippen LogP contribution in [0.1, 0.15) is 29.9 Å². The molecule has 3 atom stereocenters. The maximum atomic E-state index is 11.5. The van der Waals surface area contributed by atoms with Crippen LogP contribution in [0.4, 0.5) is 5.82 Å². The van der Waals surface area contributed by atoms with E-state index < -0.39 is 11.4 Å². The molecule has 3 N–H and O–H groups in total. The van der Waals surface area contributed by atoms with E-state index >= 15 is 0 Å². The van der Waals surface area contributed by atoms with Crippen molar-refractivity contribution in [2.45, 2.75) is 25.2 Å². The highest BCUT2D eigenvalue weighted by Crippen LogP contribution is 2.85. The molecule has 0 spiro atoms. The number of phenols is 1. The standard InChI is InChI=1S/C19H16N2O5/c22-13-3-1-9(7-11(13)16-12-8-19(12,16)18(24)25)26-14-5-6-20-17-10(14)2-4-15(23)21-17/h1,3,5-7,12,16,22H,2,4,8H2,(H,24,25)(H,20,21,23)/t12-,16+,19-/m0/s1. The van der Waals surface area contributed by atoms with Crippen molar-refractivity contribution < 1.29 is 24.5 Å². The summed E-state index contributed by atoms with van der Waals surface area (Å²) in [4.78, 5) is 27.1. The number of anilines is 1. The van der Waals surface area contributed by atoms with Crippen LogP contribution in [0.3, 0.4) is 0 Å². The Morgan fingerprint density at radius 2 is 2.15 bits per heavy atom. The van der Waals surface area contributed by atoms with E-state index in [1.54, 1.807) is 24.4 Å². The Morgan fingerprint density at radius 1 is 1.31 bits per heavy atom. The fraction of sp³-hybridized carbons (Fsp3) is 0.316. The number of pyridine rings is 1. The van der Waals surface area contributed by atoms with Crippen molar-refractivity contribution in [1.82, 2.24) is 4.98 Å². The number of carboxylic acids is 1. The van der Waals surface area contributed by atoms with Gasteiger partial charge < -0.3 is 20.3 Å². The highest BCUT2D eigenvalue weighted by Gasteiger charge is 2.84. The number of nitrogens with one attached hydrogen (secondary N) is 1. The van der Waals surface area contributed by atoms with Crippen LogP contribution in [0.25, 0.3) is 0 Å². The van der Waals surface area contributed by atoms with E-state index in [0.717, 1.165) is 5.56 Å². The second kappa shape index (κ2) is 4.97. The summed E-state index contributed by atoms with van der Waals surface area (Å²) >= 11 is 0. The number of amides is 1. The van der Waals surface area contributed by atoms with Crippen LogP contribution >= 0.6 is 0 Å². The fourth-order valence-electron chi connectivity index (χ4n) is 4.11. The van der Waals surface area contributed by atoms with Gasteiger partial charge in [0.1, 0.15) is 23.1 Å². The van der Waals surface area contributed by atoms with Gasteiger partial charge in [0.15, 0.2) is 0 Å². The van der Waals surface area contributed by atoms with Crippen LogP contribution in [0, 0.1) is 11.3 Å². The van der Waals surface area contributed by atoms with Gasteiger partial charge in [-0.25, -0.2) is 4.98 Å². The molecule has 1 aromatic carbocycles. The minimum atomic E-state index is -0.794. The fourth-order valence-corrected chi connectivity index (χ4v) is 4.11. The van der Waals surface area contributed by atoms with E-state index in [4.69, 9.17) is 4.74 Å². The molecular formula is C19H16N2O5. The Kier molecular flexibility index (Phi) is 2.90. The van der Waals surface area contributed by atoms with Gasteiger partial charge in [0, 0.05) is 29.7 Å². The highest BCUT2D eigenvalue weighted by molar-refractivity contribution is 5.93. The molecule has 2 heterocycles. The van der Waals surface area contributed by atoms with Gasteiger partial charge in [-0.3, -0.25) is 9.59 Å². The molecule has 132 valence electrons. The molecule has 7 heteroatoms. The molecule has 0 radical (unpaired) electrons. The van der Waals surface area contributed by atoms with Crippen LogP contribution < -0.4 is 10.1 Å². The van der Waals surface area contributed by atoms with Crippen molar-refractivity contribution in [3.05, 3.63) is 41.6 Å². The third kappa shape index (κ3) is 2.03. The second-order valence-corrected chi connectivity index (χ2v) is 7.14. The summed E-state index contributed by atoms with van der Waals surface area (Å²) in [6, 6.07) is 6.63. The number of carbonyl (C=O) groups is 2. The van der Waals surface area contributed by atoms with Crippen molar-refractivity contribution >= 4 is 17.7 Å². The number of fused-ring (bicyclic) bond motifs is 2. The highest BCUT2D eigenvalue weighted by atomic mass is 16.5. The van der Waals surface area contributed by atoms with Crippen molar-refractivity contribution in [2.24, 2.45) is 11.3 Å². The molecule has 0 saturated heterocycles. The molecule has 2 saturated carbocycles. The zero-order valence-electron chi connectivity index (χ0n) is 13.7. The smallest absolute Gasteiger partial charge is 0.310 e. The zero-order valence-corrected chi connectivity index (χ0v) is 13.7. The number of phenolic OH excluding ortho intramolecular Hbond substituents is 1. The first-order chi connectivity index (χ1) is 12.5. The van der Waals surface area contributed by atoms with Gasteiger partial charge in [0.05, 0.1) is 5.41 Å². The summed E-state index contributed by atoms with van der Waals surface area (Å²) in [5.74, 6) is 0.832. The minimum absolute atomic E-state index is 0.0685. The number of ether oxygens (including phenoxy) is 1. The Hall–Kier alpha value is -3.09. The summed E-state index contributed by atoms with van der Waals surface area (Å²) in [6.07, 6.45) is 3.16. The maximum absolute atomic E-state index is 11.5. The molecular weight excluding hydrogens is 336 g/mol. The van der Waals surface area contributed by atoms with Crippen LogP contribution in [-0.4, -0.2) is 27.1 Å². The molecule has 1 aliphatic heterocycles. The lowest BCUT2D eigenvalue weighted by molar-refractivity contribution is -0.141. The Bertz CT molecular complexity index is 972. The van der Waals surface area contributed by atoms with Gasteiger partial charge in [-0.05, 0) is 43.0 Å². The van der Waals surface area contributed by atoms with Gasteiger partial charge in [-0.15, -0.1) is 0 Å². The molecule has 2 fully saturated rings. The number of carbonyl (C=O) groups excluding carboxylic acids is 1. The summed E-state index contributed by atoms with van der Waals surface area (Å²) in [6.45, 7) is 0. The predicted octanol–water partition coefficient (Wildman–Crippen LogP) is 2.65. The SMILES string of the molecule is O=C1CCc2c(Oc3ccc(O)c([C@@H]4[C@@H]5C[C@@]45C(=O)O)c3)ccnc2N1. The average Bonchev–Trinajstić information content (AvgIpc) is 3.47. The minimum Gasteiger partial charge on any atom is -0.508 e. The molecule has 0 bridgehead atoms. The molecule has 1 aromatic heterocycles. The summed E-state index contributed by atoms with van der Waals surface area (Å²) in [7, 11) is 0. The first-order valence-corrected chi connectivity index (χ1v) is 8.52. The number of benzene rings is 1. The number of hydrogen-bond donors (Lipinski definition) is 3. The van der Waals surface area contributed by atoms with Crippen LogP contribution in [0.15, 0.2) is 30.5 Å². The summed E-state index contributed by atoms with van der Waals surface area (Å²) in [5.41, 5.74) is 0.770. The lowest BCUT2D eigenvalue weighted by Gasteiger charge is -2.19. The lowest BCUT2D eigenvalue weighted by Crippen LogP contribution is -2.20. The largest absolute Gasteiger partial charge is 0.508 e. The van der Waals surface area contributed by atoms with E-state index in [9.17, 15) is 19.8 Å². The topological polar surface area (TPSA) is 109 Å². The number of hydrogen-bond acceptors (Lipinski definition) is 5. The zero-order chi connectivity index (χ0) is 18.1. The lowest BCUT2D eigenvalue weighted by atomic mass is 9.96. The van der Waals surface area contributed by atoms with E-state index in [1.807, 2.05) is 0 Å². The van der Waals surface area contributed by atoms with Crippen LogP contribution in [0.5, 0.6) is 17.2 Å². The van der Waals surface area contributed by atoms with Crippen LogP contribution in [0.2, 0.25) is 0 Å². The number of carboxylic acid groups (broad SMARTS) is 1. The second-order valence-electron chi connectivity index (χ2n) is 7.14. The van der Waals surface area contributed by atoms with E-state index in [0.29, 0.717) is 42.1 Å². The average molecular weight is 352 g/mol. The molecule has 2 aromatic rings. The number of nitrogens with zero attached hydrogens (tertiary/aromatic N) is 1. The van der Waals surface area contributed by atoms with E-state index in [2.05, 4.69) is 10.3 Å². The Balaban J connectivity index is 1.45. The number of aromatic hydroxyl groups is 1. The molecule has 0 unspecified atom stereocenters. The van der Waals surface area contributed by atoms with Gasteiger partial charge in [-0.1, -0.05) is 0 Å². The number of rotatable bonds is 4. The monoisotopic (exact) mass is 352 g/mol. The van der Waals surface area contributed by atoms with Crippen molar-refractivity contribution in [1.29, 1.82) is 0 Å². The molecule has 26 heavy (non-hydrogen) atoms.